The van der Waals surface area contributed by atoms with Crippen molar-refractivity contribution in [3.63, 3.8) is 0 Å². The predicted molar refractivity (Wildman–Crippen MR) is 76.2 cm³/mol. The van der Waals surface area contributed by atoms with Crippen LogP contribution in [-0.4, -0.2) is 20.0 Å². The van der Waals surface area contributed by atoms with Crippen LogP contribution in [0, 0.1) is 5.92 Å². The Balaban J connectivity index is 1.97. The molecular formula is C16H14O3S. The maximum absolute atomic E-state index is 12.6. The highest BCUT2D eigenvalue weighted by Gasteiger charge is 2.58. The van der Waals surface area contributed by atoms with Crippen LogP contribution in [0.4, 0.5) is 0 Å². The fraction of sp³-hybridized carbons (Fsp3) is 0.188. The quantitative estimate of drug-likeness (QED) is 0.811. The van der Waals surface area contributed by atoms with Gasteiger partial charge in [-0.15, -0.1) is 0 Å². The number of hydrogen-bond donors (Lipinski definition) is 0. The third-order valence-corrected chi connectivity index (χ3v) is 6.03. The molecule has 3 nitrogen and oxygen atoms in total. The Hall–Kier alpha value is -1.94. The van der Waals surface area contributed by atoms with Crippen molar-refractivity contribution in [3.8, 4) is 0 Å². The molecule has 1 aliphatic carbocycles. The van der Waals surface area contributed by atoms with Crippen LogP contribution in [0.15, 0.2) is 65.6 Å². The molecule has 0 unspecified atom stereocenters. The molecule has 102 valence electrons. The maximum Gasteiger partial charge on any atom is 0.182 e. The molecule has 0 spiro atoms. The summed E-state index contributed by atoms with van der Waals surface area (Å²) < 4.78 is 25.2. The van der Waals surface area contributed by atoms with Gasteiger partial charge in [0.15, 0.2) is 9.84 Å². The highest BCUT2D eigenvalue weighted by atomic mass is 32.2. The second-order valence-electron chi connectivity index (χ2n) is 4.97. The zero-order valence-corrected chi connectivity index (χ0v) is 11.5. The normalized spacial score (nSPS) is 25.1. The molecule has 20 heavy (non-hydrogen) atoms. The highest BCUT2D eigenvalue weighted by molar-refractivity contribution is 7.92. The van der Waals surface area contributed by atoms with Crippen LogP contribution in [-0.2, 0) is 14.6 Å². The van der Waals surface area contributed by atoms with Crippen molar-refractivity contribution >= 4 is 16.1 Å². The van der Waals surface area contributed by atoms with Gasteiger partial charge in [-0.25, -0.2) is 8.42 Å². The largest absolute Gasteiger partial charge is 0.303 e. The van der Waals surface area contributed by atoms with E-state index in [1.54, 1.807) is 30.3 Å². The first-order valence-corrected chi connectivity index (χ1v) is 8.00. The first-order valence-electron chi connectivity index (χ1n) is 6.45. The van der Waals surface area contributed by atoms with Crippen LogP contribution < -0.4 is 0 Å². The van der Waals surface area contributed by atoms with E-state index in [1.165, 1.54) is 0 Å². The molecule has 3 rings (SSSR count). The molecule has 0 aromatic heterocycles. The minimum absolute atomic E-state index is 0.223. The van der Waals surface area contributed by atoms with Crippen molar-refractivity contribution in [1.29, 1.82) is 0 Å². The van der Waals surface area contributed by atoms with E-state index in [2.05, 4.69) is 0 Å². The van der Waals surface area contributed by atoms with Crippen LogP contribution in [0.25, 0.3) is 0 Å². The molecule has 0 bridgehead atoms. The highest BCUT2D eigenvalue weighted by Crippen LogP contribution is 2.52. The van der Waals surface area contributed by atoms with E-state index in [0.717, 1.165) is 11.8 Å². The van der Waals surface area contributed by atoms with Gasteiger partial charge in [0.25, 0.3) is 0 Å². The minimum atomic E-state index is -3.46. The smallest absolute Gasteiger partial charge is 0.182 e. The van der Waals surface area contributed by atoms with Gasteiger partial charge in [0.1, 0.15) is 6.29 Å². The van der Waals surface area contributed by atoms with Gasteiger partial charge in [0.2, 0.25) is 0 Å². The van der Waals surface area contributed by atoms with Gasteiger partial charge in [0, 0.05) is 11.8 Å². The molecule has 1 fully saturated rings. The first kappa shape index (κ1) is 13.1. The van der Waals surface area contributed by atoms with Gasteiger partial charge in [-0.3, -0.25) is 0 Å². The molecular weight excluding hydrogens is 272 g/mol. The van der Waals surface area contributed by atoms with Gasteiger partial charge in [-0.05, 0) is 17.7 Å². The number of carbonyl (C=O) groups excluding carboxylic acids is 1. The van der Waals surface area contributed by atoms with Gasteiger partial charge >= 0.3 is 0 Å². The number of sulfone groups is 1. The zero-order valence-electron chi connectivity index (χ0n) is 10.7. The van der Waals surface area contributed by atoms with Crippen molar-refractivity contribution in [1.82, 2.24) is 0 Å². The van der Waals surface area contributed by atoms with E-state index in [9.17, 15) is 13.2 Å². The molecule has 3 atom stereocenters. The predicted octanol–water partition coefficient (Wildman–Crippen LogP) is 2.44. The number of aldehydes is 1. The summed E-state index contributed by atoms with van der Waals surface area (Å²) in [5.74, 6) is -0.665. The Kier molecular flexibility index (Phi) is 3.18. The molecule has 2 aromatic rings. The van der Waals surface area contributed by atoms with Crippen LogP contribution >= 0.6 is 0 Å². The van der Waals surface area contributed by atoms with E-state index in [-0.39, 0.29) is 10.8 Å². The summed E-state index contributed by atoms with van der Waals surface area (Å²) >= 11 is 0. The van der Waals surface area contributed by atoms with E-state index in [4.69, 9.17) is 0 Å². The van der Waals surface area contributed by atoms with Crippen molar-refractivity contribution in [3.05, 3.63) is 66.2 Å². The summed E-state index contributed by atoms with van der Waals surface area (Å²) in [6, 6.07) is 17.7. The van der Waals surface area contributed by atoms with E-state index in [1.807, 2.05) is 30.3 Å². The van der Waals surface area contributed by atoms with E-state index in [0.29, 0.717) is 0 Å². The van der Waals surface area contributed by atoms with Crippen LogP contribution in [0.3, 0.4) is 0 Å². The van der Waals surface area contributed by atoms with Crippen LogP contribution in [0.1, 0.15) is 11.5 Å². The average molecular weight is 286 g/mol. The standard InChI is InChI=1S/C16H14O3S/c17-11-14-15(12-7-3-1-4-8-12)16(14)20(18,19)13-9-5-2-6-10-13/h1-11,14-16H/t14-,15-,16+/m0/s1. The van der Waals surface area contributed by atoms with E-state index < -0.39 is 21.0 Å². The topological polar surface area (TPSA) is 51.2 Å². The Labute approximate surface area is 118 Å². The third-order valence-electron chi connectivity index (χ3n) is 3.78. The molecule has 4 heteroatoms. The fourth-order valence-corrected chi connectivity index (χ4v) is 4.85. The Morgan fingerprint density at radius 2 is 1.40 bits per heavy atom. The van der Waals surface area contributed by atoms with Crippen molar-refractivity contribution < 1.29 is 13.2 Å². The molecule has 0 heterocycles. The summed E-state index contributed by atoms with van der Waals surface area (Å²) in [5.41, 5.74) is 0.911. The number of rotatable bonds is 4. The van der Waals surface area contributed by atoms with Gasteiger partial charge in [0.05, 0.1) is 10.1 Å². The number of benzene rings is 2. The van der Waals surface area contributed by atoms with Gasteiger partial charge in [-0.1, -0.05) is 48.5 Å². The molecule has 0 saturated heterocycles. The average Bonchev–Trinajstić information content (AvgIpc) is 3.24. The van der Waals surface area contributed by atoms with Gasteiger partial charge < -0.3 is 4.79 Å². The summed E-state index contributed by atoms with van der Waals surface area (Å²) in [7, 11) is -3.46. The Morgan fingerprint density at radius 3 is 1.95 bits per heavy atom. The number of hydrogen-bond acceptors (Lipinski definition) is 3. The summed E-state index contributed by atoms with van der Waals surface area (Å²) in [6.07, 6.45) is 0.767. The Morgan fingerprint density at radius 1 is 0.850 bits per heavy atom. The lowest BCUT2D eigenvalue weighted by Gasteiger charge is -2.03. The van der Waals surface area contributed by atoms with E-state index >= 15 is 0 Å². The molecule has 0 amide bonds. The third kappa shape index (κ3) is 2.06. The Bertz CT molecular complexity index is 708. The first-order chi connectivity index (χ1) is 9.66. The minimum Gasteiger partial charge on any atom is -0.303 e. The molecule has 2 aromatic carbocycles. The maximum atomic E-state index is 12.6. The van der Waals surface area contributed by atoms with Crippen molar-refractivity contribution in [2.75, 3.05) is 0 Å². The van der Waals surface area contributed by atoms with Gasteiger partial charge in [-0.2, -0.15) is 0 Å². The fourth-order valence-electron chi connectivity index (χ4n) is 2.72. The molecule has 0 radical (unpaired) electrons. The second-order valence-corrected chi connectivity index (χ2v) is 7.08. The monoisotopic (exact) mass is 286 g/mol. The molecule has 1 aliphatic rings. The zero-order chi connectivity index (χ0) is 14.2. The summed E-state index contributed by atoms with van der Waals surface area (Å²) in [6.45, 7) is 0. The summed E-state index contributed by atoms with van der Waals surface area (Å²) in [5, 5.41) is -0.634. The molecule has 0 N–H and O–H groups in total. The molecule has 1 saturated carbocycles. The second kappa shape index (κ2) is 4.87. The molecule has 0 aliphatic heterocycles. The van der Waals surface area contributed by atoms with Crippen molar-refractivity contribution in [2.45, 2.75) is 16.1 Å². The van der Waals surface area contributed by atoms with Crippen LogP contribution in [0.5, 0.6) is 0 Å². The lowest BCUT2D eigenvalue weighted by molar-refractivity contribution is -0.108. The lowest BCUT2D eigenvalue weighted by Crippen LogP contribution is -2.10. The van der Waals surface area contributed by atoms with Crippen LogP contribution in [0.2, 0.25) is 0 Å². The summed E-state index contributed by atoms with van der Waals surface area (Å²) in [4.78, 5) is 11.5. The number of carbonyl (C=O) groups is 1. The SMILES string of the molecule is O=C[C@H]1[C@H](c2ccccc2)[C@@H]1S(=O)(=O)c1ccccc1. The lowest BCUT2D eigenvalue weighted by atomic mass is 10.1. The van der Waals surface area contributed by atoms with Crippen molar-refractivity contribution in [2.24, 2.45) is 5.92 Å².